The second-order valence-corrected chi connectivity index (χ2v) is 17.3. The van der Waals surface area contributed by atoms with Gasteiger partial charge in [0.1, 0.15) is 0 Å². The van der Waals surface area contributed by atoms with Crippen molar-refractivity contribution in [1.82, 2.24) is 0 Å². The van der Waals surface area contributed by atoms with Crippen LogP contribution in [0.4, 0.5) is 0 Å². The van der Waals surface area contributed by atoms with Gasteiger partial charge in [0.15, 0.2) is 11.5 Å². The summed E-state index contributed by atoms with van der Waals surface area (Å²) in [5, 5.41) is 54.2. The first-order chi connectivity index (χ1) is 20.9. The molecule has 0 radical (unpaired) electrons. The van der Waals surface area contributed by atoms with Crippen LogP contribution in [0.15, 0.2) is 35.9 Å². The maximum absolute atomic E-state index is 12.8. The third-order valence-corrected chi connectivity index (χ3v) is 14.3. The van der Waals surface area contributed by atoms with Crippen molar-refractivity contribution in [3.8, 4) is 11.5 Å². The summed E-state index contributed by atoms with van der Waals surface area (Å²) in [4.78, 5) is 12.8. The second-order valence-electron chi connectivity index (χ2n) is 17.3. The molecule has 1 aromatic rings. The van der Waals surface area contributed by atoms with Gasteiger partial charge in [-0.3, -0.25) is 0 Å². The molecule has 0 bridgehead atoms. The summed E-state index contributed by atoms with van der Waals surface area (Å²) in [6.45, 7) is 13.7. The van der Waals surface area contributed by atoms with E-state index in [2.05, 4.69) is 40.7 Å². The van der Waals surface area contributed by atoms with Crippen LogP contribution in [0.1, 0.15) is 105 Å². The van der Waals surface area contributed by atoms with Gasteiger partial charge >= 0.3 is 5.97 Å². The van der Waals surface area contributed by atoms with E-state index < -0.39 is 29.7 Å². The molecule has 45 heavy (non-hydrogen) atoms. The smallest absolute Gasteiger partial charge is 0.330 e. The highest BCUT2D eigenvalue weighted by molar-refractivity contribution is 5.87. The quantitative estimate of drug-likeness (QED) is 0.112. The van der Waals surface area contributed by atoms with Crippen molar-refractivity contribution in [1.29, 1.82) is 0 Å². The van der Waals surface area contributed by atoms with E-state index in [-0.39, 0.29) is 57.0 Å². The Bertz CT molecular complexity index is 1410. The zero-order valence-electron chi connectivity index (χ0n) is 28.0. The number of carbonyl (C=O) groups is 1. The zero-order valence-corrected chi connectivity index (χ0v) is 28.0. The van der Waals surface area contributed by atoms with Gasteiger partial charge in [0.25, 0.3) is 0 Å². The van der Waals surface area contributed by atoms with Crippen molar-refractivity contribution in [2.75, 3.05) is 6.61 Å². The summed E-state index contributed by atoms with van der Waals surface area (Å²) in [5.41, 5.74) is 0.666. The third-order valence-electron chi connectivity index (χ3n) is 14.3. The van der Waals surface area contributed by atoms with Crippen LogP contribution in [0.2, 0.25) is 0 Å². The summed E-state index contributed by atoms with van der Waals surface area (Å²) in [6.07, 6.45) is 11.3. The molecule has 248 valence electrons. The highest BCUT2D eigenvalue weighted by atomic mass is 16.5. The molecule has 0 unspecified atom stereocenters. The Morgan fingerprint density at radius 3 is 2.31 bits per heavy atom. The van der Waals surface area contributed by atoms with E-state index >= 15 is 0 Å². The number of aromatic hydroxyl groups is 2. The van der Waals surface area contributed by atoms with Crippen molar-refractivity contribution < 1.29 is 35.1 Å². The Kier molecular flexibility index (Phi) is 7.66. The Morgan fingerprint density at radius 1 is 0.933 bits per heavy atom. The molecule has 0 saturated heterocycles. The molecule has 5 aliphatic rings. The molecule has 4 saturated carbocycles. The minimum atomic E-state index is -1.03. The maximum atomic E-state index is 12.8. The van der Waals surface area contributed by atoms with Gasteiger partial charge in [-0.15, -0.1) is 0 Å². The summed E-state index contributed by atoms with van der Waals surface area (Å²) in [5.74, 6) is -0.806. The minimum absolute atomic E-state index is 0.0195. The van der Waals surface area contributed by atoms with Crippen molar-refractivity contribution in [2.24, 2.45) is 44.3 Å². The van der Waals surface area contributed by atoms with Crippen LogP contribution >= 0.6 is 0 Å². The molecule has 6 rings (SSSR count). The van der Waals surface area contributed by atoms with Gasteiger partial charge in [-0.1, -0.05) is 53.7 Å². The Hall–Kier alpha value is -2.35. The first kappa shape index (κ1) is 32.6. The topological polar surface area (TPSA) is 127 Å². The van der Waals surface area contributed by atoms with E-state index in [0.29, 0.717) is 12.0 Å². The predicted octanol–water partition coefficient (Wildman–Crippen LogP) is 6.51. The standard InChI is InChI=1S/C38H54O7/c1-33(2)15-17-38(21-33)18-16-36(5)24(31(38)43)9-11-29-34(3)20-27(41)32(44)35(4,28(34)13-14-37(29,36)6)22-45-30(42)12-8-23-7-10-25(39)26(40)19-23/h7-10,12,19,27-29,31-32,39-41,43-44H,11,13-18,20-22H2,1-6H3/b12-8+/t27-,28-,29-,31+,32+,34+,35+,36-,37-,38-/m1/s1. The lowest BCUT2D eigenvalue weighted by atomic mass is 9.34. The monoisotopic (exact) mass is 622 g/mol. The number of allylic oxidation sites excluding steroid dienone is 1. The van der Waals surface area contributed by atoms with Gasteiger partial charge in [-0.05, 0) is 121 Å². The largest absolute Gasteiger partial charge is 0.504 e. The number of fused-ring (bicyclic) bond motifs is 5. The normalized spacial score (nSPS) is 45.4. The van der Waals surface area contributed by atoms with Crippen LogP contribution in [0.5, 0.6) is 11.5 Å². The van der Waals surface area contributed by atoms with E-state index in [4.69, 9.17) is 4.74 Å². The number of carbonyl (C=O) groups excluding carboxylic acids is 1. The summed E-state index contributed by atoms with van der Waals surface area (Å²) < 4.78 is 5.77. The number of ether oxygens (including phenoxy) is 1. The van der Waals surface area contributed by atoms with Crippen molar-refractivity contribution in [3.05, 3.63) is 41.5 Å². The molecule has 0 aliphatic heterocycles. The Morgan fingerprint density at radius 2 is 1.64 bits per heavy atom. The Labute approximate surface area is 268 Å². The van der Waals surface area contributed by atoms with E-state index in [1.165, 1.54) is 29.9 Å². The van der Waals surface area contributed by atoms with E-state index in [9.17, 15) is 30.3 Å². The van der Waals surface area contributed by atoms with Crippen LogP contribution in [0.25, 0.3) is 6.08 Å². The first-order valence-electron chi connectivity index (χ1n) is 17.0. The van der Waals surface area contributed by atoms with Gasteiger partial charge in [0.05, 0.1) is 24.9 Å². The SMILES string of the molecule is CC1(C)CC[C@@]2(CC[C@]3(C)C(=CC[C@@H]4[C@@]5(C)C[C@@H](O)[C@H](O)[C@@](C)(COC(=O)/C=C/c6ccc(O)c(O)c6)[C@@H]5CC[C@]43C)[C@@H]2O)C1. The van der Waals surface area contributed by atoms with Crippen molar-refractivity contribution in [3.63, 3.8) is 0 Å². The number of benzene rings is 1. The van der Waals surface area contributed by atoms with E-state index in [0.717, 1.165) is 51.4 Å². The van der Waals surface area contributed by atoms with E-state index in [1.54, 1.807) is 6.07 Å². The number of esters is 1. The van der Waals surface area contributed by atoms with Gasteiger partial charge < -0.3 is 30.3 Å². The average Bonchev–Trinajstić information content (AvgIpc) is 3.29. The third kappa shape index (κ3) is 4.81. The molecule has 10 atom stereocenters. The fourth-order valence-electron chi connectivity index (χ4n) is 11.7. The molecule has 7 heteroatoms. The molecule has 7 nitrogen and oxygen atoms in total. The number of hydrogen-bond acceptors (Lipinski definition) is 7. The fraction of sp³-hybridized carbons (Fsp3) is 0.711. The van der Waals surface area contributed by atoms with Gasteiger partial charge in [-0.25, -0.2) is 4.79 Å². The molecule has 1 aromatic carbocycles. The molecular weight excluding hydrogens is 568 g/mol. The molecule has 0 amide bonds. The van der Waals surface area contributed by atoms with Gasteiger partial charge in [-0.2, -0.15) is 0 Å². The maximum Gasteiger partial charge on any atom is 0.330 e. The van der Waals surface area contributed by atoms with Crippen molar-refractivity contribution in [2.45, 2.75) is 118 Å². The van der Waals surface area contributed by atoms with Gasteiger partial charge in [0.2, 0.25) is 0 Å². The number of aliphatic hydroxyl groups is 3. The van der Waals surface area contributed by atoms with Crippen LogP contribution in [0.3, 0.4) is 0 Å². The number of rotatable bonds is 4. The molecular formula is C38H54O7. The summed E-state index contributed by atoms with van der Waals surface area (Å²) in [7, 11) is 0. The second kappa shape index (κ2) is 10.6. The molecule has 1 spiro atoms. The molecule has 5 N–H and O–H groups in total. The van der Waals surface area contributed by atoms with Crippen LogP contribution in [-0.4, -0.2) is 56.4 Å². The lowest BCUT2D eigenvalue weighted by Gasteiger charge is -2.70. The highest BCUT2D eigenvalue weighted by Gasteiger charge is 2.70. The molecule has 0 heterocycles. The van der Waals surface area contributed by atoms with Crippen LogP contribution in [0, 0.1) is 44.3 Å². The first-order valence-corrected chi connectivity index (χ1v) is 17.0. The van der Waals surface area contributed by atoms with Gasteiger partial charge in [0, 0.05) is 16.9 Å². The average molecular weight is 623 g/mol. The Balaban J connectivity index is 1.25. The van der Waals surface area contributed by atoms with Crippen molar-refractivity contribution >= 4 is 12.0 Å². The van der Waals surface area contributed by atoms with Crippen LogP contribution < -0.4 is 0 Å². The number of phenols is 2. The van der Waals surface area contributed by atoms with E-state index in [1.807, 2.05) is 6.92 Å². The lowest BCUT2D eigenvalue weighted by Crippen LogP contribution is -2.68. The highest BCUT2D eigenvalue weighted by Crippen LogP contribution is 2.74. The molecule has 4 fully saturated rings. The molecule has 5 aliphatic carbocycles. The summed E-state index contributed by atoms with van der Waals surface area (Å²) in [6, 6.07) is 4.29. The molecule has 0 aromatic heterocycles. The predicted molar refractivity (Wildman–Crippen MR) is 173 cm³/mol. The van der Waals surface area contributed by atoms with Crippen LogP contribution in [-0.2, 0) is 9.53 Å². The number of aliphatic hydroxyl groups excluding tert-OH is 3. The zero-order chi connectivity index (χ0) is 32.8. The number of phenolic OH excluding ortho intramolecular Hbond substituents is 2. The summed E-state index contributed by atoms with van der Waals surface area (Å²) >= 11 is 0. The fourth-order valence-corrected chi connectivity index (χ4v) is 11.7. The lowest BCUT2D eigenvalue weighted by molar-refractivity contribution is -0.245. The minimum Gasteiger partial charge on any atom is -0.504 e. The number of hydrogen-bond donors (Lipinski definition) is 5.